The van der Waals surface area contributed by atoms with Gasteiger partial charge in [-0.15, -0.1) is 0 Å². The monoisotopic (exact) mass is 450 g/mol. The molecule has 2 fully saturated rings. The Morgan fingerprint density at radius 3 is 2.65 bits per heavy atom. The number of carbonyl (C=O) groups excluding carboxylic acids is 1. The number of halogens is 5. The zero-order valence-corrected chi connectivity index (χ0v) is 16.7. The molecule has 2 aromatic heterocycles. The maximum Gasteiger partial charge on any atom is 0.406 e. The highest BCUT2D eigenvalue weighted by Gasteiger charge is 2.61. The van der Waals surface area contributed by atoms with Crippen molar-refractivity contribution in [1.82, 2.24) is 14.6 Å². The van der Waals surface area contributed by atoms with Gasteiger partial charge in [0, 0.05) is 18.0 Å². The predicted octanol–water partition coefficient (Wildman–Crippen LogP) is 4.73. The maximum absolute atomic E-state index is 15.6. The van der Waals surface area contributed by atoms with Gasteiger partial charge < -0.3 is 0 Å². The average molecular weight is 451 g/mol. The Labute approximate surface area is 178 Å². The maximum atomic E-state index is 15.6. The minimum atomic E-state index is -4.61. The Balaban J connectivity index is 1.41. The van der Waals surface area contributed by atoms with Crippen LogP contribution in [-0.2, 0) is 10.2 Å². The summed E-state index contributed by atoms with van der Waals surface area (Å²) in [6, 6.07) is 4.95. The molecule has 3 heterocycles. The van der Waals surface area contributed by atoms with Gasteiger partial charge >= 0.3 is 6.18 Å². The molecule has 31 heavy (non-hydrogen) atoms. The van der Waals surface area contributed by atoms with E-state index >= 15 is 4.39 Å². The number of hydrogen-bond acceptors (Lipinski definition) is 3. The van der Waals surface area contributed by atoms with Crippen LogP contribution < -0.4 is 4.90 Å². The first kappa shape index (κ1) is 19.0. The summed E-state index contributed by atoms with van der Waals surface area (Å²) in [5, 5.41) is 4.42. The first-order valence-electron chi connectivity index (χ1n) is 9.91. The van der Waals surface area contributed by atoms with Gasteiger partial charge in [0.25, 0.3) is 0 Å². The summed E-state index contributed by atoms with van der Waals surface area (Å²) >= 11 is 6.10. The van der Waals surface area contributed by atoms with Gasteiger partial charge in [-0.1, -0.05) is 23.7 Å². The molecule has 0 saturated heterocycles. The molecule has 0 radical (unpaired) electrons. The van der Waals surface area contributed by atoms with Gasteiger partial charge in [0.05, 0.1) is 11.1 Å². The van der Waals surface area contributed by atoms with Gasteiger partial charge in [0.1, 0.15) is 11.7 Å². The third kappa shape index (κ3) is 2.71. The fourth-order valence-electron chi connectivity index (χ4n) is 4.99. The molecule has 3 aromatic rings. The molecule has 2 saturated carbocycles. The first-order valence-corrected chi connectivity index (χ1v) is 10.3. The lowest BCUT2D eigenvalue weighted by molar-refractivity contribution is -0.133. The van der Waals surface area contributed by atoms with Crippen molar-refractivity contribution in [1.29, 1.82) is 0 Å². The molecule has 1 amide bonds. The van der Waals surface area contributed by atoms with Crippen LogP contribution in [0.3, 0.4) is 0 Å². The van der Waals surface area contributed by atoms with Gasteiger partial charge in [0.2, 0.25) is 5.91 Å². The molecule has 5 nitrogen and oxygen atoms in total. The van der Waals surface area contributed by atoms with E-state index in [9.17, 15) is 18.0 Å². The summed E-state index contributed by atoms with van der Waals surface area (Å²) in [5.41, 5.74) is 0.938. The summed E-state index contributed by atoms with van der Waals surface area (Å²) in [4.78, 5) is 17.6. The van der Waals surface area contributed by atoms with E-state index in [1.165, 1.54) is 0 Å². The molecule has 1 spiro atoms. The van der Waals surface area contributed by atoms with Crippen molar-refractivity contribution in [2.75, 3.05) is 11.4 Å². The Hall–Kier alpha value is -2.68. The van der Waals surface area contributed by atoms with Crippen molar-refractivity contribution >= 4 is 28.8 Å². The molecule has 2 aliphatic carbocycles. The standard InChI is InChI=1S/C21H15ClF4N4O/c22-15-8-13(18-27-5-6-30(18)28-15)12-7-11(12)10-1-2-14-17(16(10)23)29(9-21(24,25)26)19(31)20(14)3-4-20/h1-2,5-6,8,11-12H,3-4,7,9H2/t11-,12+/m1/s1. The van der Waals surface area contributed by atoms with Crippen LogP contribution >= 0.6 is 11.6 Å². The first-order chi connectivity index (χ1) is 14.7. The molecule has 0 N–H and O–H groups in total. The lowest BCUT2D eigenvalue weighted by Gasteiger charge is -2.21. The molecule has 0 unspecified atom stereocenters. The number of imidazole rings is 1. The van der Waals surface area contributed by atoms with Crippen molar-refractivity contribution in [2.24, 2.45) is 0 Å². The fraction of sp³-hybridized carbons (Fsp3) is 0.381. The van der Waals surface area contributed by atoms with Crippen molar-refractivity contribution in [3.8, 4) is 0 Å². The van der Waals surface area contributed by atoms with E-state index < -0.39 is 29.9 Å². The van der Waals surface area contributed by atoms with Crippen LogP contribution in [0.1, 0.15) is 47.8 Å². The number of anilines is 1. The Kier molecular flexibility index (Phi) is 3.66. The van der Waals surface area contributed by atoms with E-state index in [4.69, 9.17) is 11.6 Å². The van der Waals surface area contributed by atoms with Crippen LogP contribution in [-0.4, -0.2) is 33.2 Å². The predicted molar refractivity (Wildman–Crippen MR) is 104 cm³/mol. The second-order valence-corrected chi connectivity index (χ2v) is 8.91. The van der Waals surface area contributed by atoms with E-state index in [1.807, 2.05) is 0 Å². The summed E-state index contributed by atoms with van der Waals surface area (Å²) in [7, 11) is 0. The van der Waals surface area contributed by atoms with Crippen molar-refractivity contribution in [3.05, 3.63) is 58.3 Å². The van der Waals surface area contributed by atoms with Crippen molar-refractivity contribution in [2.45, 2.75) is 42.7 Å². The lowest BCUT2D eigenvalue weighted by atomic mass is 9.94. The number of hydrogen-bond donors (Lipinski definition) is 0. The van der Waals surface area contributed by atoms with Crippen LogP contribution in [0.4, 0.5) is 23.2 Å². The minimum Gasteiger partial charge on any atom is -0.299 e. The molecule has 0 bridgehead atoms. The fourth-order valence-corrected chi connectivity index (χ4v) is 5.19. The molecular formula is C21H15ClF4N4O. The summed E-state index contributed by atoms with van der Waals surface area (Å²) in [6.07, 6.45) is 0.144. The van der Waals surface area contributed by atoms with Crippen molar-refractivity contribution in [3.63, 3.8) is 0 Å². The zero-order valence-electron chi connectivity index (χ0n) is 16.0. The number of carbonyl (C=O) groups is 1. The van der Waals surface area contributed by atoms with Crippen molar-refractivity contribution < 1.29 is 22.4 Å². The molecule has 3 aliphatic rings. The van der Waals surface area contributed by atoms with Gasteiger partial charge in [0.15, 0.2) is 11.5 Å². The average Bonchev–Trinajstić information content (AvgIpc) is 3.59. The van der Waals surface area contributed by atoms with Crippen LogP contribution in [0, 0.1) is 5.82 Å². The molecule has 1 aromatic carbocycles. The smallest absolute Gasteiger partial charge is 0.299 e. The lowest BCUT2D eigenvalue weighted by Crippen LogP contribution is -2.39. The SMILES string of the molecule is O=C1N(CC(F)(F)F)c2c(ccc([C@H]3C[C@@H]3c3cc(Cl)nn4ccnc34)c2F)C12CC2. The molecule has 10 heteroatoms. The van der Waals surface area contributed by atoms with Gasteiger partial charge in [-0.25, -0.2) is 13.9 Å². The minimum absolute atomic E-state index is 0.0824. The molecule has 2 atom stereocenters. The normalized spacial score (nSPS) is 23.6. The van der Waals surface area contributed by atoms with Crippen LogP contribution in [0.15, 0.2) is 30.6 Å². The van der Waals surface area contributed by atoms with Crippen LogP contribution in [0.5, 0.6) is 0 Å². The second kappa shape index (κ2) is 5.97. The van der Waals surface area contributed by atoms with E-state index in [1.54, 1.807) is 35.1 Å². The number of fused-ring (bicyclic) bond motifs is 3. The van der Waals surface area contributed by atoms with E-state index in [0.29, 0.717) is 40.9 Å². The number of alkyl halides is 3. The number of aromatic nitrogens is 3. The van der Waals surface area contributed by atoms with E-state index in [-0.39, 0.29) is 22.7 Å². The molecular weight excluding hydrogens is 436 g/mol. The highest BCUT2D eigenvalue weighted by atomic mass is 35.5. The van der Waals surface area contributed by atoms with Gasteiger partial charge in [-0.2, -0.15) is 18.3 Å². The third-order valence-corrected chi connectivity index (χ3v) is 6.81. The van der Waals surface area contributed by atoms with Crippen LogP contribution in [0.2, 0.25) is 5.15 Å². The van der Waals surface area contributed by atoms with Gasteiger partial charge in [-0.3, -0.25) is 9.69 Å². The summed E-state index contributed by atoms with van der Waals surface area (Å²) in [6.45, 7) is -1.48. The highest BCUT2D eigenvalue weighted by Crippen LogP contribution is 2.61. The number of rotatable bonds is 3. The Bertz CT molecular complexity index is 1270. The Morgan fingerprint density at radius 2 is 1.94 bits per heavy atom. The van der Waals surface area contributed by atoms with E-state index in [2.05, 4.69) is 10.1 Å². The third-order valence-electron chi connectivity index (χ3n) is 6.62. The summed E-state index contributed by atoms with van der Waals surface area (Å²) < 4.78 is 56.6. The zero-order chi connectivity index (χ0) is 21.7. The number of nitrogens with zero attached hydrogens (tertiary/aromatic N) is 4. The second-order valence-electron chi connectivity index (χ2n) is 8.52. The number of amides is 1. The largest absolute Gasteiger partial charge is 0.406 e. The van der Waals surface area contributed by atoms with E-state index in [0.717, 1.165) is 5.56 Å². The quantitative estimate of drug-likeness (QED) is 0.542. The van der Waals surface area contributed by atoms with Crippen LogP contribution in [0.25, 0.3) is 5.65 Å². The van der Waals surface area contributed by atoms with Gasteiger partial charge in [-0.05, 0) is 48.3 Å². The molecule has 6 rings (SSSR count). The Morgan fingerprint density at radius 1 is 1.19 bits per heavy atom. The number of benzene rings is 1. The molecule has 1 aliphatic heterocycles. The summed E-state index contributed by atoms with van der Waals surface area (Å²) in [5.74, 6) is -1.70. The topological polar surface area (TPSA) is 50.5 Å². The highest BCUT2D eigenvalue weighted by molar-refractivity contribution is 6.29. The molecule has 160 valence electrons.